The van der Waals surface area contributed by atoms with Crippen LogP contribution in [0, 0.1) is 3.57 Å². The fourth-order valence-electron chi connectivity index (χ4n) is 2.04. The number of benzene rings is 1. The van der Waals surface area contributed by atoms with E-state index in [1.165, 1.54) is 6.20 Å². The van der Waals surface area contributed by atoms with E-state index in [2.05, 4.69) is 38.2 Å². The predicted molar refractivity (Wildman–Crippen MR) is 100 cm³/mol. The minimum absolute atomic E-state index is 0.103. The number of hydrogen-bond donors (Lipinski definition) is 3. The summed E-state index contributed by atoms with van der Waals surface area (Å²) in [6, 6.07) is 8.59. The van der Waals surface area contributed by atoms with Gasteiger partial charge in [-0.2, -0.15) is 0 Å². The number of halogens is 1. The number of carbonyl (C=O) groups is 2. The topological polar surface area (TPSA) is 91.3 Å². The normalized spacial score (nSPS) is 10.2. The number of pyridine rings is 1. The van der Waals surface area contributed by atoms with Gasteiger partial charge in [-0.15, -0.1) is 0 Å². The van der Waals surface area contributed by atoms with Gasteiger partial charge >= 0.3 is 0 Å². The molecule has 2 amide bonds. The van der Waals surface area contributed by atoms with E-state index >= 15 is 0 Å². The minimum Gasteiger partial charge on any atom is -0.396 e. The molecule has 0 unspecified atom stereocenters. The van der Waals surface area contributed by atoms with Crippen molar-refractivity contribution >= 4 is 40.1 Å². The average molecular weight is 439 g/mol. The second-order valence-corrected chi connectivity index (χ2v) is 6.32. The second kappa shape index (κ2) is 9.33. The predicted octanol–water partition coefficient (Wildman–Crippen LogP) is 2.44. The maximum Gasteiger partial charge on any atom is 0.257 e. The third kappa shape index (κ3) is 5.27. The highest BCUT2D eigenvalue weighted by atomic mass is 127. The molecule has 2 aromatic rings. The molecule has 1 aromatic heterocycles. The third-order valence-electron chi connectivity index (χ3n) is 3.27. The minimum atomic E-state index is -0.321. The summed E-state index contributed by atoms with van der Waals surface area (Å²) in [4.78, 5) is 28.5. The first-order chi connectivity index (χ1) is 11.6. The van der Waals surface area contributed by atoms with Gasteiger partial charge in [0.05, 0.1) is 16.8 Å². The van der Waals surface area contributed by atoms with Crippen molar-refractivity contribution in [3.8, 4) is 0 Å². The van der Waals surface area contributed by atoms with Crippen LogP contribution in [0.3, 0.4) is 0 Å². The number of amides is 2. The Balaban J connectivity index is 2.12. The summed E-state index contributed by atoms with van der Waals surface area (Å²) >= 11 is 2.12. The van der Waals surface area contributed by atoms with Crippen LogP contribution in [0.1, 0.15) is 33.6 Å². The SMILES string of the molecule is O=C(Nc1ccc(I)cc1C(=O)NCCCCO)c1cccnc1. The smallest absolute Gasteiger partial charge is 0.257 e. The van der Waals surface area contributed by atoms with Crippen molar-refractivity contribution in [1.29, 1.82) is 0 Å². The van der Waals surface area contributed by atoms with Crippen LogP contribution in [0.4, 0.5) is 5.69 Å². The molecule has 6 nitrogen and oxygen atoms in total. The van der Waals surface area contributed by atoms with Crippen molar-refractivity contribution in [1.82, 2.24) is 10.3 Å². The number of nitrogens with zero attached hydrogens (tertiary/aromatic N) is 1. The Hall–Kier alpha value is -2.00. The van der Waals surface area contributed by atoms with Crippen molar-refractivity contribution in [3.05, 3.63) is 57.4 Å². The molecular formula is C17H18IN3O3. The van der Waals surface area contributed by atoms with Crippen LogP contribution in [-0.4, -0.2) is 35.1 Å². The molecule has 0 bridgehead atoms. The Bertz CT molecular complexity index is 707. The van der Waals surface area contributed by atoms with Crippen molar-refractivity contribution in [3.63, 3.8) is 0 Å². The van der Waals surface area contributed by atoms with E-state index in [0.29, 0.717) is 36.2 Å². The van der Waals surface area contributed by atoms with E-state index < -0.39 is 0 Å². The van der Waals surface area contributed by atoms with Crippen molar-refractivity contribution in [2.45, 2.75) is 12.8 Å². The summed E-state index contributed by atoms with van der Waals surface area (Å²) in [5.74, 6) is -0.577. The van der Waals surface area contributed by atoms with Crippen molar-refractivity contribution < 1.29 is 14.7 Å². The number of aliphatic hydroxyl groups excluding tert-OH is 1. The fraction of sp³-hybridized carbons (Fsp3) is 0.235. The summed E-state index contributed by atoms with van der Waals surface area (Å²) in [5, 5.41) is 14.3. The van der Waals surface area contributed by atoms with E-state index in [1.54, 1.807) is 30.5 Å². The number of aromatic nitrogens is 1. The fourth-order valence-corrected chi connectivity index (χ4v) is 2.53. The zero-order valence-electron chi connectivity index (χ0n) is 13.0. The number of rotatable bonds is 7. The van der Waals surface area contributed by atoms with Gasteiger partial charge in [-0.3, -0.25) is 14.6 Å². The van der Waals surface area contributed by atoms with E-state index in [1.807, 2.05) is 6.07 Å². The maximum absolute atomic E-state index is 12.4. The lowest BCUT2D eigenvalue weighted by atomic mass is 10.1. The first-order valence-corrected chi connectivity index (χ1v) is 8.59. The molecule has 0 aliphatic rings. The number of aliphatic hydroxyl groups is 1. The van der Waals surface area contributed by atoms with Crippen LogP contribution in [0.5, 0.6) is 0 Å². The lowest BCUT2D eigenvalue weighted by Crippen LogP contribution is -2.26. The van der Waals surface area contributed by atoms with Gasteiger partial charge in [-0.05, 0) is 65.8 Å². The van der Waals surface area contributed by atoms with Gasteiger partial charge in [-0.25, -0.2) is 0 Å². The lowest BCUT2D eigenvalue weighted by Gasteiger charge is -2.12. The second-order valence-electron chi connectivity index (χ2n) is 5.07. The number of carbonyl (C=O) groups excluding carboxylic acids is 2. The zero-order valence-corrected chi connectivity index (χ0v) is 15.1. The van der Waals surface area contributed by atoms with Gasteiger partial charge < -0.3 is 15.7 Å². The highest BCUT2D eigenvalue weighted by molar-refractivity contribution is 14.1. The Kier molecular flexibility index (Phi) is 7.13. The number of anilines is 1. The molecule has 0 atom stereocenters. The first kappa shape index (κ1) is 18.3. The Morgan fingerprint density at radius 3 is 2.71 bits per heavy atom. The summed E-state index contributed by atoms with van der Waals surface area (Å²) in [5.41, 5.74) is 1.28. The molecule has 0 aliphatic heterocycles. The monoisotopic (exact) mass is 439 g/mol. The Morgan fingerprint density at radius 1 is 1.17 bits per heavy atom. The van der Waals surface area contributed by atoms with E-state index in [9.17, 15) is 9.59 Å². The van der Waals surface area contributed by atoms with Gasteiger partial charge in [-0.1, -0.05) is 0 Å². The molecule has 0 radical (unpaired) electrons. The van der Waals surface area contributed by atoms with Crippen LogP contribution in [-0.2, 0) is 0 Å². The highest BCUT2D eigenvalue weighted by Gasteiger charge is 2.15. The molecule has 7 heteroatoms. The largest absolute Gasteiger partial charge is 0.396 e. The quantitative estimate of drug-likeness (QED) is 0.457. The molecule has 0 saturated heterocycles. The van der Waals surface area contributed by atoms with Crippen LogP contribution in [0.2, 0.25) is 0 Å². The van der Waals surface area contributed by atoms with Crippen LogP contribution in [0.15, 0.2) is 42.7 Å². The zero-order chi connectivity index (χ0) is 17.4. The van der Waals surface area contributed by atoms with Gasteiger partial charge in [0.15, 0.2) is 0 Å². The van der Waals surface area contributed by atoms with Gasteiger partial charge in [0, 0.05) is 29.1 Å². The molecule has 24 heavy (non-hydrogen) atoms. The lowest BCUT2D eigenvalue weighted by molar-refractivity contribution is 0.0953. The van der Waals surface area contributed by atoms with Crippen LogP contribution >= 0.6 is 22.6 Å². The number of hydrogen-bond acceptors (Lipinski definition) is 4. The summed E-state index contributed by atoms with van der Waals surface area (Å²) in [7, 11) is 0. The highest BCUT2D eigenvalue weighted by Crippen LogP contribution is 2.20. The number of unbranched alkanes of at least 4 members (excludes halogenated alkanes) is 1. The first-order valence-electron chi connectivity index (χ1n) is 7.52. The average Bonchev–Trinajstić information content (AvgIpc) is 2.60. The number of nitrogens with one attached hydrogen (secondary N) is 2. The molecule has 2 rings (SSSR count). The van der Waals surface area contributed by atoms with Crippen molar-refractivity contribution in [2.75, 3.05) is 18.5 Å². The summed E-state index contributed by atoms with van der Waals surface area (Å²) in [6.45, 7) is 0.576. The van der Waals surface area contributed by atoms with Crippen molar-refractivity contribution in [2.24, 2.45) is 0 Å². The maximum atomic E-state index is 12.4. The molecule has 1 heterocycles. The third-order valence-corrected chi connectivity index (χ3v) is 3.94. The van der Waals surface area contributed by atoms with E-state index in [4.69, 9.17) is 5.11 Å². The molecule has 3 N–H and O–H groups in total. The van der Waals surface area contributed by atoms with Gasteiger partial charge in [0.2, 0.25) is 0 Å². The molecule has 0 spiro atoms. The molecule has 1 aromatic carbocycles. The summed E-state index contributed by atoms with van der Waals surface area (Å²) < 4.78 is 0.896. The Morgan fingerprint density at radius 2 is 2.00 bits per heavy atom. The molecule has 126 valence electrons. The summed E-state index contributed by atoms with van der Waals surface area (Å²) in [6.07, 6.45) is 4.39. The Labute approximate surface area is 153 Å². The molecular weight excluding hydrogens is 421 g/mol. The molecule has 0 aliphatic carbocycles. The standard InChI is InChI=1S/C17H18IN3O3/c18-13-5-6-15(21-16(23)12-4-3-7-19-11-12)14(10-13)17(24)20-8-1-2-9-22/h3-7,10-11,22H,1-2,8-9H2,(H,20,24)(H,21,23). The van der Waals surface area contributed by atoms with Gasteiger partial charge in [0.25, 0.3) is 11.8 Å². The van der Waals surface area contributed by atoms with Crippen LogP contribution in [0.25, 0.3) is 0 Å². The molecule has 0 saturated carbocycles. The van der Waals surface area contributed by atoms with Gasteiger partial charge in [0.1, 0.15) is 0 Å². The van der Waals surface area contributed by atoms with E-state index in [0.717, 1.165) is 3.57 Å². The molecule has 0 fully saturated rings. The van der Waals surface area contributed by atoms with E-state index in [-0.39, 0.29) is 18.4 Å². The van der Waals surface area contributed by atoms with Crippen LogP contribution < -0.4 is 10.6 Å².